The smallest absolute Gasteiger partial charge is 0.160 e. The first-order valence-electron chi connectivity index (χ1n) is 7.46. The van der Waals surface area contributed by atoms with E-state index in [1.54, 1.807) is 31.2 Å². The molecule has 0 radical (unpaired) electrons. The summed E-state index contributed by atoms with van der Waals surface area (Å²) >= 11 is 0. The van der Waals surface area contributed by atoms with Crippen molar-refractivity contribution in [2.45, 2.75) is 38.4 Å². The summed E-state index contributed by atoms with van der Waals surface area (Å²) in [4.78, 5) is 24.4. The number of fused-ring (bicyclic) bond motifs is 1. The number of rotatable bonds is 5. The molecule has 5 nitrogen and oxygen atoms in total. The molecule has 1 aromatic rings. The highest BCUT2D eigenvalue weighted by atomic mass is 16.5. The van der Waals surface area contributed by atoms with Crippen molar-refractivity contribution in [3.05, 3.63) is 29.8 Å². The van der Waals surface area contributed by atoms with E-state index in [0.717, 1.165) is 5.56 Å². The third-order valence-corrected chi connectivity index (χ3v) is 5.48. The zero-order valence-corrected chi connectivity index (χ0v) is 12.7. The fourth-order valence-corrected chi connectivity index (χ4v) is 4.06. The van der Waals surface area contributed by atoms with Crippen molar-refractivity contribution in [3.63, 3.8) is 0 Å². The van der Waals surface area contributed by atoms with Crippen LogP contribution in [0, 0.1) is 10.8 Å². The van der Waals surface area contributed by atoms with Gasteiger partial charge in [-0.3, -0.25) is 9.59 Å². The van der Waals surface area contributed by atoms with E-state index in [9.17, 15) is 19.8 Å². The first-order valence-corrected chi connectivity index (χ1v) is 7.46. The number of carbonyl (C=O) groups excluding carboxylic acids is 2. The number of aliphatic hydroxyl groups is 1. The monoisotopic (exact) mass is 304 g/mol. The van der Waals surface area contributed by atoms with Crippen LogP contribution >= 0.6 is 0 Å². The van der Waals surface area contributed by atoms with Crippen molar-refractivity contribution in [3.8, 4) is 5.75 Å². The minimum absolute atomic E-state index is 0.131. The molecular formula is C17H20O5. The molecule has 2 aliphatic rings. The van der Waals surface area contributed by atoms with Gasteiger partial charge in [0.1, 0.15) is 22.4 Å². The van der Waals surface area contributed by atoms with Crippen LogP contribution in [0.4, 0.5) is 0 Å². The van der Waals surface area contributed by atoms with Gasteiger partial charge in [0.15, 0.2) is 5.78 Å². The number of ether oxygens (including phenoxy) is 1. The molecule has 2 fully saturated rings. The van der Waals surface area contributed by atoms with E-state index >= 15 is 0 Å². The van der Waals surface area contributed by atoms with Gasteiger partial charge in [0.05, 0.1) is 12.2 Å². The summed E-state index contributed by atoms with van der Waals surface area (Å²) in [7, 11) is 1.48. The number of phenolic OH excluding ortho intramolecular Hbond substituents is 1. The maximum Gasteiger partial charge on any atom is 0.160 e. The molecule has 0 heterocycles. The standard InChI is InChI=1S/C17H20O5/c1-16-13(20)9-14(22-2)17(16,15(16)21)12(19)8-5-10-3-6-11(18)7-4-10/h3-4,6-7,12,14,18-19H,5,8-9H2,1-2H3. The predicted molar refractivity (Wildman–Crippen MR) is 78.4 cm³/mol. The van der Waals surface area contributed by atoms with E-state index in [0.29, 0.717) is 12.8 Å². The molecule has 5 heteroatoms. The van der Waals surface area contributed by atoms with Crippen molar-refractivity contribution < 1.29 is 24.5 Å². The molecule has 2 N–H and O–H groups in total. The third-order valence-electron chi connectivity index (χ3n) is 5.48. The lowest BCUT2D eigenvalue weighted by Crippen LogP contribution is -2.36. The van der Waals surface area contributed by atoms with Crippen LogP contribution in [0.25, 0.3) is 0 Å². The van der Waals surface area contributed by atoms with Crippen LogP contribution in [-0.2, 0) is 20.7 Å². The second-order valence-corrected chi connectivity index (χ2v) is 6.40. The summed E-state index contributed by atoms with van der Waals surface area (Å²) < 4.78 is 5.33. The quantitative estimate of drug-likeness (QED) is 0.800. The molecule has 0 saturated heterocycles. The van der Waals surface area contributed by atoms with Crippen LogP contribution in [-0.4, -0.2) is 41.1 Å². The molecule has 3 rings (SSSR count). The van der Waals surface area contributed by atoms with Crippen molar-refractivity contribution in [2.75, 3.05) is 7.11 Å². The number of Topliss-reactive ketones (excluding diaryl/α,β-unsaturated/α-hetero) is 2. The van der Waals surface area contributed by atoms with Gasteiger partial charge in [-0.05, 0) is 37.5 Å². The molecule has 4 atom stereocenters. The van der Waals surface area contributed by atoms with Crippen molar-refractivity contribution in [1.29, 1.82) is 0 Å². The van der Waals surface area contributed by atoms with Crippen LogP contribution in [0.5, 0.6) is 5.75 Å². The van der Waals surface area contributed by atoms with E-state index in [1.165, 1.54) is 7.11 Å². The van der Waals surface area contributed by atoms with Crippen LogP contribution in [0.15, 0.2) is 24.3 Å². The molecule has 0 aliphatic heterocycles. The molecule has 2 saturated carbocycles. The molecule has 0 aromatic heterocycles. The summed E-state index contributed by atoms with van der Waals surface area (Å²) in [5, 5.41) is 19.9. The molecule has 4 unspecified atom stereocenters. The summed E-state index contributed by atoms with van der Waals surface area (Å²) in [5.74, 6) is -0.136. The van der Waals surface area contributed by atoms with Crippen molar-refractivity contribution >= 4 is 11.6 Å². The summed E-state index contributed by atoms with van der Waals surface area (Å²) in [6, 6.07) is 6.73. The van der Waals surface area contributed by atoms with Gasteiger partial charge in [0, 0.05) is 13.5 Å². The van der Waals surface area contributed by atoms with Crippen molar-refractivity contribution in [1.82, 2.24) is 0 Å². The Morgan fingerprint density at radius 1 is 1.32 bits per heavy atom. The van der Waals surface area contributed by atoms with Gasteiger partial charge in [-0.15, -0.1) is 0 Å². The number of ketones is 2. The molecule has 22 heavy (non-hydrogen) atoms. The van der Waals surface area contributed by atoms with Gasteiger partial charge in [0.2, 0.25) is 0 Å². The van der Waals surface area contributed by atoms with Gasteiger partial charge in [0.25, 0.3) is 0 Å². The predicted octanol–water partition coefficient (Wildman–Crippen LogP) is 1.25. The Balaban J connectivity index is 1.76. The minimum Gasteiger partial charge on any atom is -0.508 e. The maximum absolute atomic E-state index is 12.3. The Kier molecular flexibility index (Phi) is 3.38. The molecule has 1 aromatic carbocycles. The Hall–Kier alpha value is -1.72. The summed E-state index contributed by atoms with van der Waals surface area (Å²) in [5.41, 5.74) is -1.20. The fourth-order valence-electron chi connectivity index (χ4n) is 4.06. The summed E-state index contributed by atoms with van der Waals surface area (Å²) in [6.07, 6.45) is -0.312. The van der Waals surface area contributed by atoms with Gasteiger partial charge >= 0.3 is 0 Å². The van der Waals surface area contributed by atoms with Gasteiger partial charge < -0.3 is 14.9 Å². The number of aliphatic hydroxyl groups excluding tert-OH is 1. The SMILES string of the molecule is COC1CC(=O)C2(C)C(=O)C12C(O)CCc1ccc(O)cc1. The molecule has 2 aliphatic carbocycles. The molecule has 0 spiro atoms. The number of aryl methyl sites for hydroxylation is 1. The molecular weight excluding hydrogens is 284 g/mol. The zero-order valence-electron chi connectivity index (χ0n) is 12.7. The number of carbonyl (C=O) groups is 2. The average molecular weight is 304 g/mol. The van der Waals surface area contributed by atoms with Gasteiger partial charge in [-0.1, -0.05) is 12.1 Å². The highest BCUT2D eigenvalue weighted by molar-refractivity contribution is 6.28. The second-order valence-electron chi connectivity index (χ2n) is 6.40. The minimum atomic E-state index is -1.08. The normalized spacial score (nSPS) is 34.6. The Labute approximate surface area is 128 Å². The lowest BCUT2D eigenvalue weighted by molar-refractivity contribution is -0.128. The van der Waals surface area contributed by atoms with E-state index in [4.69, 9.17) is 4.74 Å². The second kappa shape index (κ2) is 4.89. The Morgan fingerprint density at radius 2 is 1.95 bits per heavy atom. The number of hydrogen-bond donors (Lipinski definition) is 2. The van der Waals surface area contributed by atoms with E-state index in [2.05, 4.69) is 0 Å². The van der Waals surface area contributed by atoms with Crippen LogP contribution in [0.3, 0.4) is 0 Å². The zero-order chi connectivity index (χ0) is 16.1. The van der Waals surface area contributed by atoms with Crippen LogP contribution < -0.4 is 0 Å². The number of methoxy groups -OCH3 is 1. The molecule has 118 valence electrons. The number of hydrogen-bond acceptors (Lipinski definition) is 5. The van der Waals surface area contributed by atoms with E-state index in [-0.39, 0.29) is 23.7 Å². The number of benzene rings is 1. The summed E-state index contributed by atoms with van der Waals surface area (Å²) in [6.45, 7) is 1.63. The largest absolute Gasteiger partial charge is 0.508 e. The maximum atomic E-state index is 12.3. The van der Waals surface area contributed by atoms with Gasteiger partial charge in [-0.25, -0.2) is 0 Å². The highest BCUT2D eigenvalue weighted by Crippen LogP contribution is 2.70. The first-order chi connectivity index (χ1) is 10.4. The average Bonchev–Trinajstić information content (AvgIpc) is 2.90. The lowest BCUT2D eigenvalue weighted by Gasteiger charge is -2.25. The van der Waals surface area contributed by atoms with Crippen molar-refractivity contribution in [2.24, 2.45) is 10.8 Å². The topological polar surface area (TPSA) is 83.8 Å². The van der Waals surface area contributed by atoms with Crippen LogP contribution in [0.2, 0.25) is 0 Å². The number of phenols is 1. The molecule has 0 bridgehead atoms. The van der Waals surface area contributed by atoms with Crippen LogP contribution in [0.1, 0.15) is 25.3 Å². The fraction of sp³-hybridized carbons (Fsp3) is 0.529. The van der Waals surface area contributed by atoms with E-state index in [1.807, 2.05) is 0 Å². The number of aromatic hydroxyl groups is 1. The Bertz CT molecular complexity index is 622. The third kappa shape index (κ3) is 1.72. The van der Waals surface area contributed by atoms with Gasteiger partial charge in [-0.2, -0.15) is 0 Å². The lowest BCUT2D eigenvalue weighted by atomic mass is 9.86. The first kappa shape index (κ1) is 15.2. The Morgan fingerprint density at radius 3 is 2.50 bits per heavy atom. The highest BCUT2D eigenvalue weighted by Gasteiger charge is 2.87. The van der Waals surface area contributed by atoms with E-state index < -0.39 is 23.0 Å². The molecule has 0 amide bonds.